The van der Waals surface area contributed by atoms with E-state index in [0.717, 1.165) is 42.4 Å². The van der Waals surface area contributed by atoms with Crippen molar-refractivity contribution in [2.24, 2.45) is 0 Å². The number of fused-ring (bicyclic) bond motifs is 1. The number of hydrogen-bond donors (Lipinski definition) is 0. The van der Waals surface area contributed by atoms with Gasteiger partial charge >= 0.3 is 164 Å². The van der Waals surface area contributed by atoms with Gasteiger partial charge in [0, 0.05) is 0 Å². The maximum absolute atomic E-state index is 4.88. The maximum atomic E-state index is 4.88. The van der Waals surface area contributed by atoms with E-state index in [2.05, 4.69) is 75.3 Å². The summed E-state index contributed by atoms with van der Waals surface area (Å²) in [7, 11) is 0. The zero-order chi connectivity index (χ0) is 17.4. The summed E-state index contributed by atoms with van der Waals surface area (Å²) in [5.41, 5.74) is 6.24. The molecule has 5 heteroatoms. The van der Waals surface area contributed by atoms with Crippen LogP contribution in [0.5, 0.6) is 0 Å². The molecule has 0 radical (unpaired) electrons. The number of halogens is 1. The van der Waals surface area contributed by atoms with Gasteiger partial charge < -0.3 is 0 Å². The second-order valence-electron chi connectivity index (χ2n) is 5.89. The van der Waals surface area contributed by atoms with E-state index in [0.29, 0.717) is 0 Å². The SMILES string of the molecule is Cc1ccc(-c2cc3c([AsH2])ncnc3nc2-c2ccc(Br)cc2)cc1. The van der Waals surface area contributed by atoms with Crippen LogP contribution in [0, 0.1) is 6.92 Å². The predicted octanol–water partition coefficient (Wildman–Crippen LogP) is 3.69. The number of benzene rings is 2. The van der Waals surface area contributed by atoms with E-state index in [1.807, 2.05) is 12.1 Å². The molecule has 1 unspecified atom stereocenters. The van der Waals surface area contributed by atoms with Gasteiger partial charge in [-0.25, -0.2) is 0 Å². The van der Waals surface area contributed by atoms with E-state index in [9.17, 15) is 0 Å². The first-order valence-corrected chi connectivity index (χ1v) is 9.86. The first-order chi connectivity index (χ1) is 12.1. The van der Waals surface area contributed by atoms with Gasteiger partial charge in [-0.15, -0.1) is 0 Å². The van der Waals surface area contributed by atoms with E-state index in [1.165, 1.54) is 22.4 Å². The monoisotopic (exact) mass is 451 g/mol. The van der Waals surface area contributed by atoms with E-state index in [-0.39, 0.29) is 0 Å². The zero-order valence-corrected chi connectivity index (χ0v) is 17.6. The molecule has 0 aliphatic heterocycles. The molecule has 0 bridgehead atoms. The molecular formula is C20H15AsBrN3. The van der Waals surface area contributed by atoms with Crippen LogP contribution in [0.3, 0.4) is 0 Å². The molecule has 0 aliphatic rings. The molecule has 2 aromatic heterocycles. The van der Waals surface area contributed by atoms with Crippen LogP contribution in [0.15, 0.2) is 65.4 Å². The predicted molar refractivity (Wildman–Crippen MR) is 109 cm³/mol. The molecule has 2 heterocycles. The number of pyridine rings is 1. The Morgan fingerprint density at radius 2 is 1.56 bits per heavy atom. The third-order valence-electron chi connectivity index (χ3n) is 4.14. The summed E-state index contributed by atoms with van der Waals surface area (Å²) in [6.45, 7) is 2.10. The van der Waals surface area contributed by atoms with Gasteiger partial charge in [-0.05, 0) is 0 Å². The quantitative estimate of drug-likeness (QED) is 0.436. The van der Waals surface area contributed by atoms with Crippen molar-refractivity contribution in [3.05, 3.63) is 71.0 Å². The van der Waals surface area contributed by atoms with Crippen LogP contribution < -0.4 is 4.48 Å². The Balaban J connectivity index is 2.03. The van der Waals surface area contributed by atoms with Crippen LogP contribution >= 0.6 is 15.9 Å². The molecule has 4 rings (SSSR count). The summed E-state index contributed by atoms with van der Waals surface area (Å²) < 4.78 is 2.05. The summed E-state index contributed by atoms with van der Waals surface area (Å²) in [5, 5.41) is 1.01. The summed E-state index contributed by atoms with van der Waals surface area (Å²) in [4.78, 5) is 13.6. The van der Waals surface area contributed by atoms with Gasteiger partial charge in [-0.3, -0.25) is 0 Å². The Kier molecular flexibility index (Phi) is 4.41. The van der Waals surface area contributed by atoms with Gasteiger partial charge in [0.2, 0.25) is 0 Å². The average molecular weight is 452 g/mol. The molecule has 25 heavy (non-hydrogen) atoms. The second kappa shape index (κ2) is 6.70. The molecule has 0 spiro atoms. The van der Waals surface area contributed by atoms with Crippen LogP contribution in [-0.4, -0.2) is 31.8 Å². The Morgan fingerprint density at radius 1 is 0.880 bits per heavy atom. The normalized spacial score (nSPS) is 11.0. The van der Waals surface area contributed by atoms with Crippen LogP contribution in [0.25, 0.3) is 33.4 Å². The molecule has 3 nitrogen and oxygen atoms in total. The Morgan fingerprint density at radius 3 is 2.28 bits per heavy atom. The molecule has 0 amide bonds. The molecule has 1 atom stereocenters. The fourth-order valence-electron chi connectivity index (χ4n) is 2.79. The van der Waals surface area contributed by atoms with E-state index in [1.54, 1.807) is 6.33 Å². The van der Waals surface area contributed by atoms with Crippen molar-refractivity contribution in [2.45, 2.75) is 6.92 Å². The van der Waals surface area contributed by atoms with E-state index < -0.39 is 0 Å². The van der Waals surface area contributed by atoms with Crippen LogP contribution in [0.1, 0.15) is 5.56 Å². The first kappa shape index (κ1) is 16.4. The Labute approximate surface area is 163 Å². The fourth-order valence-corrected chi connectivity index (χ4v) is 3.64. The Hall–Kier alpha value is -2.03. The van der Waals surface area contributed by atoms with Gasteiger partial charge in [0.05, 0.1) is 0 Å². The third-order valence-corrected chi connectivity index (χ3v) is 5.63. The number of aromatic nitrogens is 3. The number of nitrogens with zero attached hydrogens (tertiary/aromatic N) is 3. The van der Waals surface area contributed by atoms with Crippen molar-refractivity contribution in [3.63, 3.8) is 0 Å². The molecule has 2 aromatic carbocycles. The molecule has 0 aliphatic carbocycles. The van der Waals surface area contributed by atoms with Crippen LogP contribution in [0.4, 0.5) is 0 Å². The Bertz CT molecular complexity index is 1060. The summed E-state index contributed by atoms with van der Waals surface area (Å²) >= 11 is 4.98. The van der Waals surface area contributed by atoms with E-state index >= 15 is 0 Å². The number of aryl methyl sites for hydroxylation is 1. The number of rotatable bonds is 2. The van der Waals surface area contributed by atoms with Crippen molar-refractivity contribution in [2.75, 3.05) is 0 Å². The minimum atomic E-state index is 0.739. The van der Waals surface area contributed by atoms with Gasteiger partial charge in [0.1, 0.15) is 0 Å². The van der Waals surface area contributed by atoms with Gasteiger partial charge in [-0.2, -0.15) is 0 Å². The summed E-state index contributed by atoms with van der Waals surface area (Å²) in [6, 6.07) is 18.9. The molecule has 0 saturated carbocycles. The topological polar surface area (TPSA) is 38.7 Å². The van der Waals surface area contributed by atoms with Crippen LogP contribution in [0.2, 0.25) is 0 Å². The van der Waals surface area contributed by atoms with Crippen molar-refractivity contribution in [1.82, 2.24) is 15.0 Å². The van der Waals surface area contributed by atoms with Crippen LogP contribution in [-0.2, 0) is 0 Å². The van der Waals surface area contributed by atoms with E-state index in [4.69, 9.17) is 4.98 Å². The third kappa shape index (κ3) is 3.24. The summed E-state index contributed by atoms with van der Waals surface area (Å²) in [5.74, 6) is 0. The molecule has 4 aromatic rings. The molecular weight excluding hydrogens is 437 g/mol. The second-order valence-corrected chi connectivity index (χ2v) is 7.95. The minimum absolute atomic E-state index is 0.739. The fraction of sp³-hybridized carbons (Fsp3) is 0.0500. The summed E-state index contributed by atoms with van der Waals surface area (Å²) in [6.07, 6.45) is 1.59. The zero-order valence-electron chi connectivity index (χ0n) is 13.6. The van der Waals surface area contributed by atoms with Gasteiger partial charge in [-0.1, -0.05) is 0 Å². The van der Waals surface area contributed by atoms with Crippen molar-refractivity contribution in [1.29, 1.82) is 0 Å². The molecule has 0 fully saturated rings. The van der Waals surface area contributed by atoms with Crippen molar-refractivity contribution < 1.29 is 0 Å². The average Bonchev–Trinajstić information content (AvgIpc) is 2.63. The standard InChI is InChI=1S/C20H15AsBrN3/c1-12-2-4-13(5-3-12)16-10-17-19(21)23-11-24-20(17)25-18(16)14-6-8-15(22)9-7-14/h2-11H,21H2,1H3. The van der Waals surface area contributed by atoms with Gasteiger partial charge in [0.15, 0.2) is 0 Å². The number of hydrogen-bond acceptors (Lipinski definition) is 3. The molecule has 122 valence electrons. The van der Waals surface area contributed by atoms with Gasteiger partial charge in [0.25, 0.3) is 0 Å². The van der Waals surface area contributed by atoms with Crippen molar-refractivity contribution in [3.8, 4) is 22.4 Å². The molecule has 0 saturated heterocycles. The first-order valence-electron chi connectivity index (χ1n) is 7.86. The van der Waals surface area contributed by atoms with Crippen molar-refractivity contribution >= 4 is 48.3 Å². The molecule has 0 N–H and O–H groups in total.